The minimum absolute atomic E-state index is 0.249. The summed E-state index contributed by atoms with van der Waals surface area (Å²) in [6.07, 6.45) is 0.620. The fourth-order valence-electron chi connectivity index (χ4n) is 3.54. The SMILES string of the molecule is Cc1ccc(S(=O)(=O)N2CCc3ccc(NC(=O)Nc4cccc(Cl)c4C)cc32)cc1. The predicted molar refractivity (Wildman–Crippen MR) is 125 cm³/mol. The van der Waals surface area contributed by atoms with Crippen LogP contribution in [0.1, 0.15) is 16.7 Å². The van der Waals surface area contributed by atoms with Gasteiger partial charge >= 0.3 is 6.03 Å². The van der Waals surface area contributed by atoms with Gasteiger partial charge in [-0.25, -0.2) is 13.2 Å². The molecule has 1 heterocycles. The van der Waals surface area contributed by atoms with Gasteiger partial charge in [-0.3, -0.25) is 4.31 Å². The molecule has 8 heteroatoms. The number of anilines is 3. The van der Waals surface area contributed by atoms with Crippen molar-refractivity contribution in [2.75, 3.05) is 21.5 Å². The molecule has 0 aromatic heterocycles. The standard InChI is InChI=1S/C23H22ClN3O3S/c1-15-6-10-19(11-7-15)31(29,30)27-13-12-17-8-9-18(14-22(17)27)25-23(28)26-21-5-3-4-20(24)16(21)2/h3-11,14H,12-13H2,1-2H3,(H2,25,26,28). The van der Waals surface area contributed by atoms with Crippen LogP contribution in [0.25, 0.3) is 0 Å². The maximum atomic E-state index is 13.2. The Kier molecular flexibility index (Phi) is 5.64. The van der Waals surface area contributed by atoms with Gasteiger partial charge in [-0.1, -0.05) is 41.4 Å². The average Bonchev–Trinajstić information content (AvgIpc) is 3.16. The monoisotopic (exact) mass is 455 g/mol. The lowest BCUT2D eigenvalue weighted by molar-refractivity contribution is 0.262. The number of aryl methyl sites for hydroxylation is 1. The Balaban J connectivity index is 1.56. The zero-order valence-electron chi connectivity index (χ0n) is 17.1. The number of urea groups is 1. The van der Waals surface area contributed by atoms with Gasteiger partial charge in [-0.05, 0) is 67.8 Å². The molecule has 0 saturated carbocycles. The van der Waals surface area contributed by atoms with Gasteiger partial charge in [0.15, 0.2) is 0 Å². The Labute approximate surface area is 186 Å². The number of carbonyl (C=O) groups is 1. The van der Waals surface area contributed by atoms with Crippen LogP contribution in [0.15, 0.2) is 65.6 Å². The largest absolute Gasteiger partial charge is 0.323 e. The Morgan fingerprint density at radius 2 is 1.74 bits per heavy atom. The molecule has 31 heavy (non-hydrogen) atoms. The second kappa shape index (κ2) is 8.24. The van der Waals surface area contributed by atoms with Crippen molar-refractivity contribution in [1.29, 1.82) is 0 Å². The molecule has 3 aromatic rings. The number of sulfonamides is 1. The molecule has 0 saturated heterocycles. The van der Waals surface area contributed by atoms with Crippen LogP contribution in [-0.4, -0.2) is 21.0 Å². The second-order valence-corrected chi connectivity index (χ2v) is 9.74. The highest BCUT2D eigenvalue weighted by atomic mass is 35.5. The van der Waals surface area contributed by atoms with Gasteiger partial charge in [-0.15, -0.1) is 0 Å². The zero-order valence-corrected chi connectivity index (χ0v) is 18.7. The number of nitrogens with one attached hydrogen (secondary N) is 2. The number of halogens is 1. The number of rotatable bonds is 4. The van der Waals surface area contributed by atoms with Crippen LogP contribution >= 0.6 is 11.6 Å². The van der Waals surface area contributed by atoms with E-state index in [1.807, 2.05) is 19.9 Å². The van der Waals surface area contributed by atoms with Crippen LogP contribution in [-0.2, 0) is 16.4 Å². The molecule has 0 unspecified atom stereocenters. The highest BCUT2D eigenvalue weighted by molar-refractivity contribution is 7.92. The first kappa shape index (κ1) is 21.2. The van der Waals surface area contributed by atoms with E-state index in [9.17, 15) is 13.2 Å². The lowest BCUT2D eigenvalue weighted by atomic mass is 10.1. The summed E-state index contributed by atoms with van der Waals surface area (Å²) < 4.78 is 27.7. The topological polar surface area (TPSA) is 78.5 Å². The summed E-state index contributed by atoms with van der Waals surface area (Å²) in [6.45, 7) is 4.10. The lowest BCUT2D eigenvalue weighted by Gasteiger charge is -2.20. The molecule has 1 aliphatic heterocycles. The van der Waals surface area contributed by atoms with Gasteiger partial charge in [0, 0.05) is 22.9 Å². The van der Waals surface area contributed by atoms with Crippen molar-refractivity contribution in [2.45, 2.75) is 25.2 Å². The van der Waals surface area contributed by atoms with E-state index < -0.39 is 16.1 Å². The van der Waals surface area contributed by atoms with E-state index in [0.717, 1.165) is 16.7 Å². The molecule has 0 bridgehead atoms. The first-order valence-electron chi connectivity index (χ1n) is 9.81. The highest BCUT2D eigenvalue weighted by Gasteiger charge is 2.31. The Hall–Kier alpha value is -3.03. The van der Waals surface area contributed by atoms with E-state index in [2.05, 4.69) is 10.6 Å². The van der Waals surface area contributed by atoms with Gasteiger partial charge in [0.05, 0.1) is 10.6 Å². The third-order valence-corrected chi connectivity index (χ3v) is 7.56. The van der Waals surface area contributed by atoms with Crippen molar-refractivity contribution in [3.05, 3.63) is 82.4 Å². The molecule has 0 aliphatic carbocycles. The summed E-state index contributed by atoms with van der Waals surface area (Å²) in [5.74, 6) is 0. The number of amides is 2. The second-order valence-electron chi connectivity index (χ2n) is 7.48. The summed E-state index contributed by atoms with van der Waals surface area (Å²) in [6, 6.07) is 16.9. The van der Waals surface area contributed by atoms with Crippen molar-refractivity contribution in [3.8, 4) is 0 Å². The molecule has 4 rings (SSSR count). The summed E-state index contributed by atoms with van der Waals surface area (Å²) >= 11 is 6.11. The van der Waals surface area contributed by atoms with E-state index >= 15 is 0 Å². The molecule has 0 fully saturated rings. The first-order chi connectivity index (χ1) is 14.8. The fraction of sp³-hybridized carbons (Fsp3) is 0.174. The van der Waals surface area contributed by atoms with Crippen LogP contribution in [0.3, 0.4) is 0 Å². The lowest BCUT2D eigenvalue weighted by Crippen LogP contribution is -2.29. The molecule has 2 amide bonds. The summed E-state index contributed by atoms with van der Waals surface area (Å²) in [5, 5.41) is 6.11. The van der Waals surface area contributed by atoms with Crippen LogP contribution < -0.4 is 14.9 Å². The minimum atomic E-state index is -3.68. The molecular weight excluding hydrogens is 434 g/mol. The Bertz CT molecular complexity index is 1260. The molecule has 0 radical (unpaired) electrons. The minimum Gasteiger partial charge on any atom is -0.308 e. The third-order valence-electron chi connectivity index (χ3n) is 5.32. The molecule has 6 nitrogen and oxygen atoms in total. The van der Waals surface area contributed by atoms with E-state index in [0.29, 0.717) is 35.1 Å². The van der Waals surface area contributed by atoms with Crippen molar-refractivity contribution >= 4 is 44.7 Å². The third kappa shape index (κ3) is 4.24. The summed E-state index contributed by atoms with van der Waals surface area (Å²) in [7, 11) is -3.68. The maximum Gasteiger partial charge on any atom is 0.323 e. The maximum absolute atomic E-state index is 13.2. The van der Waals surface area contributed by atoms with Gasteiger partial charge in [0.1, 0.15) is 0 Å². The molecule has 0 spiro atoms. The quantitative estimate of drug-likeness (QED) is 0.556. The van der Waals surface area contributed by atoms with Crippen LogP contribution in [0, 0.1) is 13.8 Å². The normalized spacial score (nSPS) is 13.1. The Morgan fingerprint density at radius 1 is 1.00 bits per heavy atom. The number of carbonyl (C=O) groups excluding carboxylic acids is 1. The molecule has 2 N–H and O–H groups in total. The van der Waals surface area contributed by atoms with Crippen molar-refractivity contribution in [3.63, 3.8) is 0 Å². The number of hydrogen-bond acceptors (Lipinski definition) is 3. The zero-order chi connectivity index (χ0) is 22.2. The van der Waals surface area contributed by atoms with Gasteiger partial charge < -0.3 is 10.6 Å². The van der Waals surface area contributed by atoms with Crippen LogP contribution in [0.4, 0.5) is 21.9 Å². The van der Waals surface area contributed by atoms with Crippen molar-refractivity contribution in [1.82, 2.24) is 0 Å². The molecule has 1 aliphatic rings. The molecular formula is C23H22ClN3O3S. The van der Waals surface area contributed by atoms with E-state index in [-0.39, 0.29) is 4.90 Å². The molecule has 160 valence electrons. The van der Waals surface area contributed by atoms with Crippen molar-refractivity contribution in [2.24, 2.45) is 0 Å². The molecule has 0 atom stereocenters. The number of fused-ring (bicyclic) bond motifs is 1. The van der Waals surface area contributed by atoms with Gasteiger partial charge in [0.25, 0.3) is 10.0 Å². The number of nitrogens with zero attached hydrogens (tertiary/aromatic N) is 1. The van der Waals surface area contributed by atoms with Crippen LogP contribution in [0.5, 0.6) is 0 Å². The van der Waals surface area contributed by atoms with Crippen LogP contribution in [0.2, 0.25) is 5.02 Å². The number of hydrogen-bond donors (Lipinski definition) is 2. The Morgan fingerprint density at radius 3 is 2.48 bits per heavy atom. The average molecular weight is 456 g/mol. The van der Waals surface area contributed by atoms with Crippen molar-refractivity contribution < 1.29 is 13.2 Å². The fourth-order valence-corrected chi connectivity index (χ4v) is 5.21. The summed E-state index contributed by atoms with van der Waals surface area (Å²) in [5.41, 5.74) is 4.37. The van der Waals surface area contributed by atoms with Gasteiger partial charge in [-0.2, -0.15) is 0 Å². The summed E-state index contributed by atoms with van der Waals surface area (Å²) in [4.78, 5) is 12.7. The highest BCUT2D eigenvalue weighted by Crippen LogP contribution is 2.35. The van der Waals surface area contributed by atoms with E-state index in [1.165, 1.54) is 4.31 Å². The van der Waals surface area contributed by atoms with E-state index in [1.54, 1.807) is 54.6 Å². The molecule has 3 aromatic carbocycles. The van der Waals surface area contributed by atoms with Gasteiger partial charge in [0.2, 0.25) is 0 Å². The van der Waals surface area contributed by atoms with E-state index in [4.69, 9.17) is 11.6 Å². The first-order valence-corrected chi connectivity index (χ1v) is 11.6. The smallest absolute Gasteiger partial charge is 0.308 e. The predicted octanol–water partition coefficient (Wildman–Crippen LogP) is 5.35. The number of benzene rings is 3.